The van der Waals surface area contributed by atoms with Gasteiger partial charge in [-0.15, -0.1) is 0 Å². The largest absolute Gasteiger partial charge is 0.353 e. The topological polar surface area (TPSA) is 32.3 Å². The number of hydrogen-bond acceptors (Lipinski definition) is 4. The molecule has 1 aliphatic rings. The molecule has 0 atom stereocenters. The van der Waals surface area contributed by atoms with E-state index in [1.54, 1.807) is 12.4 Å². The van der Waals surface area contributed by atoms with Crippen LogP contribution < -0.4 is 4.90 Å². The lowest BCUT2D eigenvalue weighted by molar-refractivity contribution is 0.273. The van der Waals surface area contributed by atoms with Crippen molar-refractivity contribution in [3.63, 3.8) is 0 Å². The summed E-state index contributed by atoms with van der Waals surface area (Å²) in [6.07, 6.45) is 5.30. The standard InChI is InChI=1S/C10H15BrN4/c11-1-4-14-5-7-15(8-6-14)10-9-12-2-3-13-10/h2-3,9H,1,4-8H2. The molecule has 0 bridgehead atoms. The van der Waals surface area contributed by atoms with Crippen LogP contribution in [0.2, 0.25) is 0 Å². The molecule has 5 heteroatoms. The average molecular weight is 271 g/mol. The quantitative estimate of drug-likeness (QED) is 0.768. The van der Waals surface area contributed by atoms with Gasteiger partial charge in [0.25, 0.3) is 0 Å². The number of aromatic nitrogens is 2. The Balaban J connectivity index is 1.88. The van der Waals surface area contributed by atoms with Crippen LogP contribution in [0, 0.1) is 0 Å². The molecule has 0 aliphatic carbocycles. The first kappa shape index (κ1) is 10.8. The molecular weight excluding hydrogens is 256 g/mol. The average Bonchev–Trinajstić information content (AvgIpc) is 2.32. The SMILES string of the molecule is BrCCN1CCN(c2cnccn2)CC1. The summed E-state index contributed by atoms with van der Waals surface area (Å²) in [5.74, 6) is 0.996. The Labute approximate surface area is 98.4 Å². The highest BCUT2D eigenvalue weighted by Gasteiger charge is 2.16. The van der Waals surface area contributed by atoms with Crippen molar-refractivity contribution in [3.8, 4) is 0 Å². The minimum absolute atomic E-state index is 0.996. The monoisotopic (exact) mass is 270 g/mol. The summed E-state index contributed by atoms with van der Waals surface area (Å²) in [6.45, 7) is 5.45. The van der Waals surface area contributed by atoms with Crippen molar-refractivity contribution in [2.45, 2.75) is 0 Å². The van der Waals surface area contributed by atoms with E-state index in [1.807, 2.05) is 6.20 Å². The van der Waals surface area contributed by atoms with Gasteiger partial charge in [0.05, 0.1) is 6.20 Å². The molecule has 0 spiro atoms. The minimum Gasteiger partial charge on any atom is -0.353 e. The zero-order valence-electron chi connectivity index (χ0n) is 8.64. The molecule has 2 heterocycles. The highest BCUT2D eigenvalue weighted by atomic mass is 79.9. The van der Waals surface area contributed by atoms with E-state index in [9.17, 15) is 0 Å². The van der Waals surface area contributed by atoms with Gasteiger partial charge in [-0.3, -0.25) is 9.88 Å². The van der Waals surface area contributed by atoms with Gasteiger partial charge in [-0.2, -0.15) is 0 Å². The molecule has 1 aromatic heterocycles. The molecule has 0 N–H and O–H groups in total. The first-order valence-electron chi connectivity index (χ1n) is 5.19. The Morgan fingerprint density at radius 1 is 1.20 bits per heavy atom. The van der Waals surface area contributed by atoms with Gasteiger partial charge in [0.2, 0.25) is 0 Å². The minimum atomic E-state index is 0.996. The van der Waals surface area contributed by atoms with Crippen LogP contribution in [0.3, 0.4) is 0 Å². The molecule has 4 nitrogen and oxygen atoms in total. The zero-order chi connectivity index (χ0) is 10.5. The molecule has 1 aliphatic heterocycles. The van der Waals surface area contributed by atoms with Crippen LogP contribution in [-0.4, -0.2) is 52.9 Å². The van der Waals surface area contributed by atoms with E-state index in [1.165, 1.54) is 0 Å². The maximum Gasteiger partial charge on any atom is 0.147 e. The van der Waals surface area contributed by atoms with E-state index in [0.29, 0.717) is 0 Å². The summed E-state index contributed by atoms with van der Waals surface area (Å²) in [5, 5.41) is 1.05. The van der Waals surface area contributed by atoms with Crippen LogP contribution in [0.25, 0.3) is 0 Å². The molecule has 15 heavy (non-hydrogen) atoms. The molecule has 1 aromatic rings. The molecule has 0 unspecified atom stereocenters. The first-order chi connectivity index (χ1) is 7.40. The third kappa shape index (κ3) is 2.89. The number of halogens is 1. The Morgan fingerprint density at radius 3 is 2.60 bits per heavy atom. The van der Waals surface area contributed by atoms with E-state index in [-0.39, 0.29) is 0 Å². The molecule has 82 valence electrons. The highest BCUT2D eigenvalue weighted by molar-refractivity contribution is 9.09. The lowest BCUT2D eigenvalue weighted by Crippen LogP contribution is -2.47. The summed E-state index contributed by atoms with van der Waals surface area (Å²) in [7, 11) is 0. The summed E-state index contributed by atoms with van der Waals surface area (Å²) >= 11 is 3.47. The molecular formula is C10H15BrN4. The van der Waals surface area contributed by atoms with Crippen molar-refractivity contribution in [2.75, 3.05) is 43.0 Å². The predicted octanol–water partition coefficient (Wildman–Crippen LogP) is 0.993. The second-order valence-electron chi connectivity index (χ2n) is 3.58. The van der Waals surface area contributed by atoms with E-state index in [0.717, 1.165) is 43.9 Å². The summed E-state index contributed by atoms with van der Waals surface area (Å²) in [4.78, 5) is 13.1. The smallest absolute Gasteiger partial charge is 0.147 e. The third-order valence-corrected chi connectivity index (χ3v) is 3.00. The fraction of sp³-hybridized carbons (Fsp3) is 0.600. The maximum atomic E-state index is 4.31. The van der Waals surface area contributed by atoms with Crippen molar-refractivity contribution < 1.29 is 0 Å². The van der Waals surface area contributed by atoms with E-state index in [4.69, 9.17) is 0 Å². The van der Waals surface area contributed by atoms with Gasteiger partial charge in [-0.1, -0.05) is 15.9 Å². The molecule has 0 aromatic carbocycles. The number of nitrogens with zero attached hydrogens (tertiary/aromatic N) is 4. The van der Waals surface area contributed by atoms with Crippen LogP contribution in [0.15, 0.2) is 18.6 Å². The van der Waals surface area contributed by atoms with Gasteiger partial charge < -0.3 is 4.90 Å². The lowest BCUT2D eigenvalue weighted by Gasteiger charge is -2.34. The number of hydrogen-bond donors (Lipinski definition) is 0. The summed E-state index contributed by atoms with van der Waals surface area (Å²) in [5.41, 5.74) is 0. The number of rotatable bonds is 3. The van der Waals surface area contributed by atoms with Gasteiger partial charge in [-0.25, -0.2) is 4.98 Å². The van der Waals surface area contributed by atoms with Crippen molar-refractivity contribution in [2.24, 2.45) is 0 Å². The van der Waals surface area contributed by atoms with Crippen molar-refractivity contribution in [1.82, 2.24) is 14.9 Å². The third-order valence-electron chi connectivity index (χ3n) is 2.65. The van der Waals surface area contributed by atoms with Crippen LogP contribution in [-0.2, 0) is 0 Å². The highest BCUT2D eigenvalue weighted by Crippen LogP contribution is 2.11. The van der Waals surface area contributed by atoms with E-state index in [2.05, 4.69) is 35.7 Å². The maximum absolute atomic E-state index is 4.31. The molecule has 0 amide bonds. The Kier molecular flexibility index (Phi) is 3.91. The Hall–Kier alpha value is -0.680. The van der Waals surface area contributed by atoms with Gasteiger partial charge in [-0.05, 0) is 0 Å². The molecule has 1 saturated heterocycles. The second kappa shape index (κ2) is 5.42. The zero-order valence-corrected chi connectivity index (χ0v) is 10.2. The van der Waals surface area contributed by atoms with Gasteiger partial charge in [0, 0.05) is 50.4 Å². The van der Waals surface area contributed by atoms with Crippen molar-refractivity contribution >= 4 is 21.7 Å². The predicted molar refractivity (Wildman–Crippen MR) is 64.5 cm³/mol. The Bertz CT molecular complexity index is 285. The van der Waals surface area contributed by atoms with Crippen molar-refractivity contribution in [3.05, 3.63) is 18.6 Å². The molecule has 1 fully saturated rings. The number of alkyl halides is 1. The van der Waals surface area contributed by atoms with E-state index >= 15 is 0 Å². The van der Waals surface area contributed by atoms with Crippen LogP contribution in [0.5, 0.6) is 0 Å². The number of anilines is 1. The molecule has 0 radical (unpaired) electrons. The first-order valence-corrected chi connectivity index (χ1v) is 6.31. The fourth-order valence-corrected chi connectivity index (χ4v) is 2.28. The molecule has 0 saturated carbocycles. The van der Waals surface area contributed by atoms with Crippen LogP contribution in [0.4, 0.5) is 5.82 Å². The normalized spacial score (nSPS) is 18.1. The van der Waals surface area contributed by atoms with Crippen LogP contribution >= 0.6 is 15.9 Å². The summed E-state index contributed by atoms with van der Waals surface area (Å²) < 4.78 is 0. The van der Waals surface area contributed by atoms with E-state index < -0.39 is 0 Å². The fourth-order valence-electron chi connectivity index (χ4n) is 1.77. The van der Waals surface area contributed by atoms with Crippen molar-refractivity contribution in [1.29, 1.82) is 0 Å². The lowest BCUT2D eigenvalue weighted by atomic mass is 10.3. The molecule has 2 rings (SSSR count). The van der Waals surface area contributed by atoms with Gasteiger partial charge >= 0.3 is 0 Å². The van der Waals surface area contributed by atoms with Gasteiger partial charge in [0.15, 0.2) is 0 Å². The van der Waals surface area contributed by atoms with Gasteiger partial charge in [0.1, 0.15) is 5.82 Å². The Morgan fingerprint density at radius 2 is 2.00 bits per heavy atom. The van der Waals surface area contributed by atoms with Crippen LogP contribution in [0.1, 0.15) is 0 Å². The summed E-state index contributed by atoms with van der Waals surface area (Å²) in [6, 6.07) is 0. The second-order valence-corrected chi connectivity index (χ2v) is 4.37. The number of piperazine rings is 1.